The fourth-order valence-corrected chi connectivity index (χ4v) is 2.38. The molecule has 0 fully saturated rings. The summed E-state index contributed by atoms with van der Waals surface area (Å²) in [6.45, 7) is 0.581. The van der Waals surface area contributed by atoms with Crippen LogP contribution in [-0.2, 0) is 6.42 Å². The van der Waals surface area contributed by atoms with E-state index >= 15 is 0 Å². The lowest BCUT2D eigenvalue weighted by Gasteiger charge is -2.05. The first-order valence-electron chi connectivity index (χ1n) is 7.29. The highest BCUT2D eigenvalue weighted by molar-refractivity contribution is 5.98. The summed E-state index contributed by atoms with van der Waals surface area (Å²) in [5.41, 5.74) is 2.99. The summed E-state index contributed by atoms with van der Waals surface area (Å²) in [5, 5.41) is 2.91. The minimum atomic E-state index is -0.181. The van der Waals surface area contributed by atoms with Crippen LogP contribution in [0, 0.1) is 0 Å². The third-order valence-corrected chi connectivity index (χ3v) is 3.50. The molecule has 3 nitrogen and oxygen atoms in total. The van der Waals surface area contributed by atoms with Crippen molar-refractivity contribution in [2.45, 2.75) is 6.42 Å². The molecule has 1 amide bonds. The average molecular weight is 291 g/mol. The smallest absolute Gasteiger partial charge is 0.287 e. The van der Waals surface area contributed by atoms with Gasteiger partial charge in [0.1, 0.15) is 0 Å². The molecule has 0 aliphatic carbocycles. The molecule has 1 N–H and O–H groups in total. The van der Waals surface area contributed by atoms with E-state index in [1.807, 2.05) is 54.6 Å². The van der Waals surface area contributed by atoms with Crippen LogP contribution in [0.5, 0.6) is 0 Å². The van der Waals surface area contributed by atoms with Gasteiger partial charge in [-0.15, -0.1) is 0 Å². The van der Waals surface area contributed by atoms with Crippen LogP contribution in [-0.4, -0.2) is 12.5 Å². The van der Waals surface area contributed by atoms with E-state index in [-0.39, 0.29) is 5.91 Å². The summed E-state index contributed by atoms with van der Waals surface area (Å²) < 4.78 is 5.37. The molecular weight excluding hydrogens is 274 g/mol. The maximum atomic E-state index is 12.3. The molecule has 0 saturated heterocycles. The van der Waals surface area contributed by atoms with E-state index in [0.29, 0.717) is 12.3 Å². The molecule has 0 aliphatic rings. The van der Waals surface area contributed by atoms with Gasteiger partial charge in [-0.3, -0.25) is 4.79 Å². The van der Waals surface area contributed by atoms with Crippen LogP contribution in [0.25, 0.3) is 11.1 Å². The quantitative estimate of drug-likeness (QED) is 0.774. The second-order valence-corrected chi connectivity index (χ2v) is 5.02. The zero-order chi connectivity index (χ0) is 15.2. The Balaban J connectivity index is 1.65. The van der Waals surface area contributed by atoms with Crippen LogP contribution in [0.2, 0.25) is 0 Å². The van der Waals surface area contributed by atoms with E-state index in [2.05, 4.69) is 17.4 Å². The largest absolute Gasteiger partial charge is 0.459 e. The molecule has 0 spiro atoms. The van der Waals surface area contributed by atoms with Gasteiger partial charge in [0.05, 0.1) is 6.26 Å². The molecule has 0 unspecified atom stereocenters. The maximum absolute atomic E-state index is 12.3. The van der Waals surface area contributed by atoms with Crippen LogP contribution >= 0.6 is 0 Å². The van der Waals surface area contributed by atoms with Crippen molar-refractivity contribution in [3.05, 3.63) is 84.3 Å². The minimum absolute atomic E-state index is 0.181. The summed E-state index contributed by atoms with van der Waals surface area (Å²) >= 11 is 0. The topological polar surface area (TPSA) is 42.2 Å². The van der Waals surface area contributed by atoms with Crippen molar-refractivity contribution >= 4 is 5.91 Å². The normalized spacial score (nSPS) is 10.4. The summed E-state index contributed by atoms with van der Waals surface area (Å²) in [6, 6.07) is 21.7. The predicted octanol–water partition coefficient (Wildman–Crippen LogP) is 3.92. The minimum Gasteiger partial charge on any atom is -0.459 e. The van der Waals surface area contributed by atoms with Gasteiger partial charge in [0.25, 0.3) is 5.91 Å². The number of nitrogens with one attached hydrogen (secondary N) is 1. The van der Waals surface area contributed by atoms with E-state index in [4.69, 9.17) is 4.42 Å². The predicted molar refractivity (Wildman–Crippen MR) is 86.6 cm³/mol. The Kier molecular flexibility index (Phi) is 4.35. The fraction of sp³-hybridized carbons (Fsp3) is 0.105. The number of furan rings is 1. The van der Waals surface area contributed by atoms with Crippen LogP contribution in [0.1, 0.15) is 16.1 Å². The molecule has 0 aliphatic heterocycles. The van der Waals surface area contributed by atoms with Crippen molar-refractivity contribution in [2.75, 3.05) is 6.54 Å². The maximum Gasteiger partial charge on any atom is 0.287 e. The molecule has 22 heavy (non-hydrogen) atoms. The van der Waals surface area contributed by atoms with Crippen molar-refractivity contribution < 1.29 is 9.21 Å². The SMILES string of the molecule is O=C(NCCc1ccccc1)c1occc1-c1ccccc1. The highest BCUT2D eigenvalue weighted by atomic mass is 16.3. The van der Waals surface area contributed by atoms with E-state index in [9.17, 15) is 4.79 Å². The van der Waals surface area contributed by atoms with Gasteiger partial charge < -0.3 is 9.73 Å². The van der Waals surface area contributed by atoms with Crippen LogP contribution in [0.3, 0.4) is 0 Å². The highest BCUT2D eigenvalue weighted by Gasteiger charge is 2.15. The molecule has 0 saturated carbocycles. The van der Waals surface area contributed by atoms with Crippen molar-refractivity contribution in [3.8, 4) is 11.1 Å². The molecule has 2 aromatic carbocycles. The monoisotopic (exact) mass is 291 g/mol. The molecular formula is C19H17NO2. The van der Waals surface area contributed by atoms with Gasteiger partial charge in [-0.1, -0.05) is 60.7 Å². The van der Waals surface area contributed by atoms with Gasteiger partial charge in [0.2, 0.25) is 0 Å². The number of benzene rings is 2. The number of amides is 1. The lowest BCUT2D eigenvalue weighted by molar-refractivity contribution is 0.0927. The van der Waals surface area contributed by atoms with Gasteiger partial charge in [0.15, 0.2) is 5.76 Å². The standard InChI is InChI=1S/C19H17NO2/c21-19(20-13-11-15-7-3-1-4-8-15)18-17(12-14-22-18)16-9-5-2-6-10-16/h1-10,12,14H,11,13H2,(H,20,21). The Morgan fingerprint density at radius 2 is 1.59 bits per heavy atom. The van der Waals surface area contributed by atoms with Gasteiger partial charge >= 0.3 is 0 Å². The Hall–Kier alpha value is -2.81. The summed E-state index contributed by atoms with van der Waals surface area (Å²) in [7, 11) is 0. The molecule has 0 atom stereocenters. The third-order valence-electron chi connectivity index (χ3n) is 3.50. The van der Waals surface area contributed by atoms with Crippen LogP contribution in [0.15, 0.2) is 77.4 Å². The molecule has 1 heterocycles. The molecule has 0 bridgehead atoms. The first-order chi connectivity index (χ1) is 10.8. The number of rotatable bonds is 5. The summed E-state index contributed by atoms with van der Waals surface area (Å²) in [5.74, 6) is 0.180. The summed E-state index contributed by atoms with van der Waals surface area (Å²) in [6.07, 6.45) is 2.35. The average Bonchev–Trinajstić information content (AvgIpc) is 3.06. The molecule has 110 valence electrons. The van der Waals surface area contributed by atoms with Crippen LogP contribution in [0.4, 0.5) is 0 Å². The van der Waals surface area contributed by atoms with Crippen molar-refractivity contribution in [1.82, 2.24) is 5.32 Å². The van der Waals surface area contributed by atoms with E-state index < -0.39 is 0 Å². The lowest BCUT2D eigenvalue weighted by atomic mass is 10.1. The molecule has 0 radical (unpaired) electrons. The second kappa shape index (κ2) is 6.76. The summed E-state index contributed by atoms with van der Waals surface area (Å²) in [4.78, 5) is 12.3. The molecule has 3 aromatic rings. The first-order valence-corrected chi connectivity index (χ1v) is 7.29. The second-order valence-electron chi connectivity index (χ2n) is 5.02. The molecule has 3 rings (SSSR count). The highest BCUT2D eigenvalue weighted by Crippen LogP contribution is 2.24. The number of carbonyl (C=O) groups excluding carboxylic acids is 1. The zero-order valence-corrected chi connectivity index (χ0v) is 12.2. The number of hydrogen-bond donors (Lipinski definition) is 1. The first kappa shape index (κ1) is 14.1. The van der Waals surface area contributed by atoms with Gasteiger partial charge in [-0.2, -0.15) is 0 Å². The van der Waals surface area contributed by atoms with Crippen molar-refractivity contribution in [3.63, 3.8) is 0 Å². The van der Waals surface area contributed by atoms with Crippen molar-refractivity contribution in [1.29, 1.82) is 0 Å². The number of carbonyl (C=O) groups is 1. The van der Waals surface area contributed by atoms with Gasteiger partial charge in [0, 0.05) is 12.1 Å². The van der Waals surface area contributed by atoms with E-state index in [0.717, 1.165) is 17.5 Å². The molecule has 3 heteroatoms. The van der Waals surface area contributed by atoms with Crippen molar-refractivity contribution in [2.24, 2.45) is 0 Å². The van der Waals surface area contributed by atoms with Gasteiger partial charge in [-0.25, -0.2) is 0 Å². The zero-order valence-electron chi connectivity index (χ0n) is 12.2. The Morgan fingerprint density at radius 3 is 2.32 bits per heavy atom. The Labute approximate surface area is 129 Å². The van der Waals surface area contributed by atoms with Crippen LogP contribution < -0.4 is 5.32 Å². The Bertz CT molecular complexity index is 732. The van der Waals surface area contributed by atoms with Gasteiger partial charge in [-0.05, 0) is 23.6 Å². The Morgan fingerprint density at radius 1 is 0.909 bits per heavy atom. The lowest BCUT2D eigenvalue weighted by Crippen LogP contribution is -2.25. The number of hydrogen-bond acceptors (Lipinski definition) is 2. The van der Waals surface area contributed by atoms with E-state index in [1.165, 1.54) is 5.56 Å². The third kappa shape index (κ3) is 3.26. The molecule has 1 aromatic heterocycles. The fourth-order valence-electron chi connectivity index (χ4n) is 2.38. The van der Waals surface area contributed by atoms with E-state index in [1.54, 1.807) is 6.26 Å².